The van der Waals surface area contributed by atoms with Gasteiger partial charge in [-0.2, -0.15) is 0 Å². The Morgan fingerprint density at radius 1 is 1.86 bits per heavy atom. The molecule has 0 bridgehead atoms. The number of hydrogen-bond acceptors (Lipinski definition) is 2. The Balaban J connectivity index is 3.58. The SMILES string of the molecule is C=C(NC)C(=O)O. The van der Waals surface area contributed by atoms with E-state index in [1.807, 2.05) is 0 Å². The molecule has 2 N–H and O–H groups in total. The Bertz CT molecular complexity index is 97.9. The van der Waals surface area contributed by atoms with Crippen molar-refractivity contribution in [2.75, 3.05) is 7.05 Å². The van der Waals surface area contributed by atoms with E-state index < -0.39 is 5.97 Å². The molecule has 7 heavy (non-hydrogen) atoms. The van der Waals surface area contributed by atoms with Crippen LogP contribution in [-0.2, 0) is 4.79 Å². The highest BCUT2D eigenvalue weighted by molar-refractivity contribution is 5.84. The highest BCUT2D eigenvalue weighted by Crippen LogP contribution is 1.76. The molecular formula is C4H7NO2. The van der Waals surface area contributed by atoms with Crippen molar-refractivity contribution in [1.29, 1.82) is 0 Å². The fourth-order valence-corrected chi connectivity index (χ4v) is 0.107. The second-order valence-corrected chi connectivity index (χ2v) is 1.03. The number of carboxylic acids is 1. The highest BCUT2D eigenvalue weighted by atomic mass is 16.4. The Morgan fingerprint density at radius 3 is 2.29 bits per heavy atom. The molecule has 0 fully saturated rings. The molecule has 0 spiro atoms. The fourth-order valence-electron chi connectivity index (χ4n) is 0.107. The third-order valence-corrected chi connectivity index (χ3v) is 0.560. The van der Waals surface area contributed by atoms with Crippen LogP contribution in [0, 0.1) is 0 Å². The molecule has 0 radical (unpaired) electrons. The second-order valence-electron chi connectivity index (χ2n) is 1.03. The summed E-state index contributed by atoms with van der Waals surface area (Å²) in [6.45, 7) is 3.16. The third kappa shape index (κ3) is 1.81. The van der Waals surface area contributed by atoms with Crippen molar-refractivity contribution in [1.82, 2.24) is 5.32 Å². The van der Waals surface area contributed by atoms with Crippen molar-refractivity contribution in [2.24, 2.45) is 0 Å². The van der Waals surface area contributed by atoms with Gasteiger partial charge in [0.2, 0.25) is 0 Å². The quantitative estimate of drug-likeness (QED) is 0.474. The first kappa shape index (κ1) is 6.01. The summed E-state index contributed by atoms with van der Waals surface area (Å²) >= 11 is 0. The van der Waals surface area contributed by atoms with E-state index in [1.54, 1.807) is 0 Å². The average Bonchev–Trinajstić information content (AvgIpc) is 1.65. The van der Waals surface area contributed by atoms with Gasteiger partial charge in [0.25, 0.3) is 0 Å². The topological polar surface area (TPSA) is 49.3 Å². The van der Waals surface area contributed by atoms with Crippen molar-refractivity contribution in [3.8, 4) is 0 Å². The zero-order valence-electron chi connectivity index (χ0n) is 4.06. The van der Waals surface area contributed by atoms with Crippen LogP contribution in [0.5, 0.6) is 0 Å². The number of hydrogen-bond donors (Lipinski definition) is 2. The molecule has 0 unspecified atom stereocenters. The van der Waals surface area contributed by atoms with Gasteiger partial charge in [-0.1, -0.05) is 6.58 Å². The molecule has 0 aliphatic carbocycles. The molecule has 0 aromatic carbocycles. The van der Waals surface area contributed by atoms with E-state index in [4.69, 9.17) is 5.11 Å². The van der Waals surface area contributed by atoms with Gasteiger partial charge in [-0.25, -0.2) is 4.79 Å². The summed E-state index contributed by atoms with van der Waals surface area (Å²) in [4.78, 5) is 9.77. The smallest absolute Gasteiger partial charge is 0.351 e. The van der Waals surface area contributed by atoms with Crippen LogP contribution < -0.4 is 5.32 Å². The number of carbonyl (C=O) groups is 1. The molecule has 0 heterocycles. The minimum atomic E-state index is -1.01. The first-order valence-electron chi connectivity index (χ1n) is 1.78. The summed E-state index contributed by atoms with van der Waals surface area (Å²) < 4.78 is 0. The molecule has 3 nitrogen and oxygen atoms in total. The van der Waals surface area contributed by atoms with Gasteiger partial charge in [0.1, 0.15) is 5.70 Å². The fraction of sp³-hybridized carbons (Fsp3) is 0.250. The molecule has 3 heteroatoms. The van der Waals surface area contributed by atoms with E-state index in [0.717, 1.165) is 0 Å². The predicted octanol–water partition coefficient (Wildman–Crippen LogP) is -0.196. The Labute approximate surface area is 41.7 Å². The van der Waals surface area contributed by atoms with Gasteiger partial charge in [0, 0.05) is 7.05 Å². The number of carboxylic acid groups (broad SMARTS) is 1. The summed E-state index contributed by atoms with van der Waals surface area (Å²) in [6.07, 6.45) is 0. The van der Waals surface area contributed by atoms with Crippen LogP contribution in [0.2, 0.25) is 0 Å². The van der Waals surface area contributed by atoms with Gasteiger partial charge < -0.3 is 10.4 Å². The number of rotatable bonds is 2. The largest absolute Gasteiger partial charge is 0.477 e. The zero-order valence-corrected chi connectivity index (χ0v) is 4.06. The summed E-state index contributed by atoms with van der Waals surface area (Å²) in [7, 11) is 1.51. The van der Waals surface area contributed by atoms with Gasteiger partial charge >= 0.3 is 5.97 Å². The maximum atomic E-state index is 9.77. The van der Waals surface area contributed by atoms with Crippen molar-refractivity contribution in [3.05, 3.63) is 12.3 Å². The Kier molecular flexibility index (Phi) is 1.91. The van der Waals surface area contributed by atoms with Gasteiger partial charge in [0.05, 0.1) is 0 Å². The van der Waals surface area contributed by atoms with Crippen LogP contribution >= 0.6 is 0 Å². The molecule has 0 aromatic heterocycles. The van der Waals surface area contributed by atoms with Crippen molar-refractivity contribution in [2.45, 2.75) is 0 Å². The highest BCUT2D eigenvalue weighted by Gasteiger charge is 1.95. The predicted molar refractivity (Wildman–Crippen MR) is 25.8 cm³/mol. The van der Waals surface area contributed by atoms with Crippen LogP contribution in [0.15, 0.2) is 12.3 Å². The molecular weight excluding hydrogens is 94.0 g/mol. The molecule has 0 atom stereocenters. The van der Waals surface area contributed by atoms with E-state index in [1.165, 1.54) is 7.05 Å². The minimum absolute atomic E-state index is 0.0139. The van der Waals surface area contributed by atoms with E-state index >= 15 is 0 Å². The lowest BCUT2D eigenvalue weighted by atomic mass is 10.5. The van der Waals surface area contributed by atoms with Crippen molar-refractivity contribution in [3.63, 3.8) is 0 Å². The van der Waals surface area contributed by atoms with E-state index in [0.29, 0.717) is 0 Å². The summed E-state index contributed by atoms with van der Waals surface area (Å²) in [5.41, 5.74) is 0.0139. The van der Waals surface area contributed by atoms with Crippen LogP contribution in [0.4, 0.5) is 0 Å². The third-order valence-electron chi connectivity index (χ3n) is 0.560. The van der Waals surface area contributed by atoms with E-state index in [-0.39, 0.29) is 5.70 Å². The molecule has 0 amide bonds. The van der Waals surface area contributed by atoms with Crippen molar-refractivity contribution < 1.29 is 9.90 Å². The summed E-state index contributed by atoms with van der Waals surface area (Å²) in [5.74, 6) is -1.01. The maximum absolute atomic E-state index is 9.77. The van der Waals surface area contributed by atoms with E-state index in [2.05, 4.69) is 11.9 Å². The van der Waals surface area contributed by atoms with Crippen LogP contribution in [-0.4, -0.2) is 18.1 Å². The zero-order chi connectivity index (χ0) is 5.86. The van der Waals surface area contributed by atoms with Crippen LogP contribution in [0.1, 0.15) is 0 Å². The Morgan fingerprint density at radius 2 is 2.29 bits per heavy atom. The normalized spacial score (nSPS) is 7.57. The summed E-state index contributed by atoms with van der Waals surface area (Å²) in [5, 5.41) is 10.4. The van der Waals surface area contributed by atoms with Gasteiger partial charge in [0.15, 0.2) is 0 Å². The lowest BCUT2D eigenvalue weighted by molar-refractivity contribution is -0.132. The van der Waals surface area contributed by atoms with Crippen molar-refractivity contribution >= 4 is 5.97 Å². The number of aliphatic carboxylic acids is 1. The summed E-state index contributed by atoms with van der Waals surface area (Å²) in [6, 6.07) is 0. The maximum Gasteiger partial charge on any atom is 0.351 e. The van der Waals surface area contributed by atoms with Gasteiger partial charge in [-0.3, -0.25) is 0 Å². The molecule has 0 saturated heterocycles. The van der Waals surface area contributed by atoms with E-state index in [9.17, 15) is 4.79 Å². The molecule has 0 aliphatic rings. The Hall–Kier alpha value is -0.990. The first-order valence-corrected chi connectivity index (χ1v) is 1.78. The molecule has 40 valence electrons. The van der Waals surface area contributed by atoms with Crippen LogP contribution in [0.3, 0.4) is 0 Å². The molecule has 0 aromatic rings. The molecule has 0 rings (SSSR count). The average molecular weight is 101 g/mol. The standard InChI is InChI=1S/C4H7NO2/c1-3(5-2)4(6)7/h5H,1H2,2H3,(H,6,7). The second kappa shape index (κ2) is 2.23. The lowest BCUT2D eigenvalue weighted by Gasteiger charge is -1.92. The monoisotopic (exact) mass is 101 g/mol. The van der Waals surface area contributed by atoms with Crippen LogP contribution in [0.25, 0.3) is 0 Å². The van der Waals surface area contributed by atoms with Gasteiger partial charge in [-0.15, -0.1) is 0 Å². The molecule has 0 aliphatic heterocycles. The first-order chi connectivity index (χ1) is 3.18. The van der Waals surface area contributed by atoms with Gasteiger partial charge in [-0.05, 0) is 0 Å². The molecule has 0 saturated carbocycles. The number of likely N-dealkylation sites (N-methyl/N-ethyl adjacent to an activating group) is 1. The lowest BCUT2D eigenvalue weighted by Crippen LogP contribution is -2.13. The number of nitrogens with one attached hydrogen (secondary N) is 1. The minimum Gasteiger partial charge on any atom is -0.477 e.